The highest BCUT2D eigenvalue weighted by Crippen LogP contribution is 2.35. The monoisotopic (exact) mass is 272 g/mol. The van der Waals surface area contributed by atoms with Gasteiger partial charge in [-0.2, -0.15) is 0 Å². The summed E-state index contributed by atoms with van der Waals surface area (Å²) in [5.41, 5.74) is -0.472. The van der Waals surface area contributed by atoms with Crippen LogP contribution in [-0.4, -0.2) is 24.3 Å². The number of hydrogen-bond donors (Lipinski definition) is 1. The van der Waals surface area contributed by atoms with Crippen molar-refractivity contribution in [1.82, 2.24) is 0 Å². The van der Waals surface area contributed by atoms with Crippen LogP contribution in [0.3, 0.4) is 0 Å². The summed E-state index contributed by atoms with van der Waals surface area (Å²) in [7, 11) is 0. The fraction of sp³-hybridized carbons (Fsp3) is 0.462. The molecule has 0 aromatic heterocycles. The van der Waals surface area contributed by atoms with E-state index >= 15 is 0 Å². The Balaban J connectivity index is 2.28. The summed E-state index contributed by atoms with van der Waals surface area (Å²) in [6.45, 7) is 0.723. The van der Waals surface area contributed by atoms with Crippen molar-refractivity contribution in [2.75, 3.05) is 13.2 Å². The molecule has 1 fully saturated rings. The van der Waals surface area contributed by atoms with E-state index in [2.05, 4.69) is 0 Å². The Bertz CT molecular complexity index is 456. The van der Waals surface area contributed by atoms with Crippen LogP contribution in [-0.2, 0) is 16.0 Å². The molecule has 1 unspecified atom stereocenters. The average Bonchev–Trinajstić information content (AvgIpc) is 2.35. The van der Waals surface area contributed by atoms with Gasteiger partial charge in [-0.3, -0.25) is 4.79 Å². The smallest absolute Gasteiger partial charge is 0.312 e. The molecule has 2 rings (SSSR count). The van der Waals surface area contributed by atoms with Crippen molar-refractivity contribution in [3.63, 3.8) is 0 Å². The largest absolute Gasteiger partial charge is 0.481 e. The molecule has 5 heteroatoms. The highest BCUT2D eigenvalue weighted by Gasteiger charge is 2.41. The number of carbonyl (C=O) groups is 1. The first-order valence-corrected chi connectivity index (χ1v) is 6.16. The molecule has 1 saturated heterocycles. The van der Waals surface area contributed by atoms with Gasteiger partial charge in [0.2, 0.25) is 0 Å². The van der Waals surface area contributed by atoms with E-state index in [0.29, 0.717) is 30.0 Å². The summed E-state index contributed by atoms with van der Waals surface area (Å²) in [5, 5.41) is 9.78. The molecule has 1 heterocycles. The first-order chi connectivity index (χ1) is 8.53. The van der Waals surface area contributed by atoms with Crippen molar-refractivity contribution >= 4 is 17.6 Å². The number of carboxylic acid groups (broad SMARTS) is 1. The third-order valence-corrected chi connectivity index (χ3v) is 3.68. The number of rotatable bonds is 3. The summed E-state index contributed by atoms with van der Waals surface area (Å²) in [5.74, 6) is -1.32. The quantitative estimate of drug-likeness (QED) is 0.920. The molecule has 0 spiro atoms. The van der Waals surface area contributed by atoms with Crippen LogP contribution in [0, 0.1) is 11.2 Å². The van der Waals surface area contributed by atoms with Gasteiger partial charge in [0.1, 0.15) is 5.82 Å². The van der Waals surface area contributed by atoms with Gasteiger partial charge in [-0.25, -0.2) is 4.39 Å². The molecule has 3 nitrogen and oxygen atoms in total. The summed E-state index contributed by atoms with van der Waals surface area (Å²) in [6, 6.07) is 4.00. The van der Waals surface area contributed by atoms with E-state index in [1.165, 1.54) is 18.2 Å². The molecule has 98 valence electrons. The maximum atomic E-state index is 13.2. The molecule has 1 aromatic carbocycles. The van der Waals surface area contributed by atoms with Crippen molar-refractivity contribution in [2.24, 2.45) is 5.41 Å². The topological polar surface area (TPSA) is 46.5 Å². The molecule has 0 amide bonds. The second kappa shape index (κ2) is 5.24. The average molecular weight is 273 g/mol. The van der Waals surface area contributed by atoms with Crippen LogP contribution in [0.2, 0.25) is 5.02 Å². The molecular weight excluding hydrogens is 259 g/mol. The van der Waals surface area contributed by atoms with E-state index in [-0.39, 0.29) is 13.0 Å². The Morgan fingerprint density at radius 1 is 1.56 bits per heavy atom. The van der Waals surface area contributed by atoms with Gasteiger partial charge in [0.25, 0.3) is 0 Å². The van der Waals surface area contributed by atoms with Crippen LogP contribution < -0.4 is 0 Å². The van der Waals surface area contributed by atoms with Crippen molar-refractivity contribution in [3.05, 3.63) is 34.6 Å². The summed E-state index contributed by atoms with van der Waals surface area (Å²) < 4.78 is 18.5. The van der Waals surface area contributed by atoms with Crippen molar-refractivity contribution in [2.45, 2.75) is 19.3 Å². The van der Waals surface area contributed by atoms with Crippen LogP contribution in [0.4, 0.5) is 4.39 Å². The zero-order valence-electron chi connectivity index (χ0n) is 9.79. The standard InChI is InChI=1S/C13H14ClFO3/c14-11-3-2-10(15)6-9(11)7-13(12(16)17)4-1-5-18-8-13/h2-3,6H,1,4-5,7-8H2,(H,16,17). The number of ether oxygens (including phenoxy) is 1. The van der Waals surface area contributed by atoms with Gasteiger partial charge in [-0.1, -0.05) is 11.6 Å². The lowest BCUT2D eigenvalue weighted by molar-refractivity contribution is -0.157. The Kier molecular flexibility index (Phi) is 3.88. The summed E-state index contributed by atoms with van der Waals surface area (Å²) >= 11 is 5.98. The van der Waals surface area contributed by atoms with E-state index in [4.69, 9.17) is 16.3 Å². The molecule has 1 aliphatic rings. The lowest BCUT2D eigenvalue weighted by Crippen LogP contribution is -2.41. The number of halogens is 2. The van der Waals surface area contributed by atoms with Gasteiger partial charge in [-0.15, -0.1) is 0 Å². The molecule has 1 aliphatic heterocycles. The van der Waals surface area contributed by atoms with Gasteiger partial charge in [0.05, 0.1) is 12.0 Å². The zero-order valence-corrected chi connectivity index (χ0v) is 10.5. The van der Waals surface area contributed by atoms with Crippen molar-refractivity contribution < 1.29 is 19.0 Å². The minimum absolute atomic E-state index is 0.148. The van der Waals surface area contributed by atoms with E-state index in [1.807, 2.05) is 0 Å². The SMILES string of the molecule is O=C(O)C1(Cc2cc(F)ccc2Cl)CCCOC1. The summed E-state index contributed by atoms with van der Waals surface area (Å²) in [4.78, 5) is 11.5. The Morgan fingerprint density at radius 3 is 2.94 bits per heavy atom. The Labute approximate surface area is 110 Å². The molecule has 0 radical (unpaired) electrons. The van der Waals surface area contributed by atoms with Crippen LogP contribution in [0.15, 0.2) is 18.2 Å². The van der Waals surface area contributed by atoms with E-state index < -0.39 is 17.2 Å². The lowest BCUT2D eigenvalue weighted by atomic mass is 9.77. The second-order valence-corrected chi connectivity index (χ2v) is 5.06. The number of hydrogen-bond acceptors (Lipinski definition) is 2. The normalized spacial score (nSPS) is 23.9. The van der Waals surface area contributed by atoms with E-state index in [1.54, 1.807) is 0 Å². The van der Waals surface area contributed by atoms with Crippen LogP contribution >= 0.6 is 11.6 Å². The van der Waals surface area contributed by atoms with Gasteiger partial charge in [0.15, 0.2) is 0 Å². The van der Waals surface area contributed by atoms with Crippen molar-refractivity contribution in [1.29, 1.82) is 0 Å². The molecule has 1 aromatic rings. The van der Waals surface area contributed by atoms with Crippen LogP contribution in [0.25, 0.3) is 0 Å². The minimum Gasteiger partial charge on any atom is -0.481 e. The second-order valence-electron chi connectivity index (χ2n) is 4.65. The van der Waals surface area contributed by atoms with E-state index in [9.17, 15) is 14.3 Å². The Hall–Kier alpha value is -1.13. The molecule has 18 heavy (non-hydrogen) atoms. The summed E-state index contributed by atoms with van der Waals surface area (Å²) in [6.07, 6.45) is 1.41. The van der Waals surface area contributed by atoms with Crippen molar-refractivity contribution in [3.8, 4) is 0 Å². The zero-order chi connectivity index (χ0) is 13.2. The third-order valence-electron chi connectivity index (χ3n) is 3.31. The minimum atomic E-state index is -0.990. The van der Waals surface area contributed by atoms with Gasteiger partial charge >= 0.3 is 5.97 Å². The predicted octanol–water partition coefficient (Wildman–Crippen LogP) is 2.90. The highest BCUT2D eigenvalue weighted by atomic mass is 35.5. The molecule has 0 saturated carbocycles. The fourth-order valence-electron chi connectivity index (χ4n) is 2.28. The maximum absolute atomic E-state index is 13.2. The molecule has 0 aliphatic carbocycles. The maximum Gasteiger partial charge on any atom is 0.312 e. The predicted molar refractivity (Wildman–Crippen MR) is 65.2 cm³/mol. The van der Waals surface area contributed by atoms with Gasteiger partial charge in [0, 0.05) is 11.6 Å². The third kappa shape index (κ3) is 2.65. The van der Waals surface area contributed by atoms with Gasteiger partial charge < -0.3 is 9.84 Å². The van der Waals surface area contributed by atoms with Crippen LogP contribution in [0.5, 0.6) is 0 Å². The van der Waals surface area contributed by atoms with Gasteiger partial charge in [-0.05, 0) is 43.0 Å². The lowest BCUT2D eigenvalue weighted by Gasteiger charge is -2.33. The Morgan fingerprint density at radius 2 is 2.33 bits per heavy atom. The van der Waals surface area contributed by atoms with E-state index in [0.717, 1.165) is 0 Å². The number of benzene rings is 1. The molecule has 1 N–H and O–H groups in total. The first kappa shape index (κ1) is 13.3. The van der Waals surface area contributed by atoms with Crippen LogP contribution in [0.1, 0.15) is 18.4 Å². The molecular formula is C13H14ClFO3. The fourth-order valence-corrected chi connectivity index (χ4v) is 2.46. The first-order valence-electron chi connectivity index (χ1n) is 5.79. The number of aliphatic carboxylic acids is 1. The molecule has 0 bridgehead atoms. The highest BCUT2D eigenvalue weighted by molar-refractivity contribution is 6.31. The molecule has 1 atom stereocenters. The number of carboxylic acids is 1.